The van der Waals surface area contributed by atoms with E-state index in [1.807, 2.05) is 19.1 Å². The molecule has 2 aromatic carbocycles. The van der Waals surface area contributed by atoms with Gasteiger partial charge in [-0.25, -0.2) is 13.1 Å². The van der Waals surface area contributed by atoms with Gasteiger partial charge >= 0.3 is 5.97 Å². The number of aliphatic carboxylic acids is 1. The van der Waals surface area contributed by atoms with E-state index in [-0.39, 0.29) is 24.0 Å². The van der Waals surface area contributed by atoms with Crippen LogP contribution in [0.25, 0.3) is 0 Å². The first-order chi connectivity index (χ1) is 13.3. The Bertz CT molecular complexity index is 866. The monoisotopic (exact) mass is 425 g/mol. The first-order valence-electron chi connectivity index (χ1n) is 9.03. The Morgan fingerprint density at radius 3 is 2.36 bits per heavy atom. The summed E-state index contributed by atoms with van der Waals surface area (Å²) in [7, 11) is -3.58. The molecule has 0 saturated heterocycles. The van der Waals surface area contributed by atoms with Crippen LogP contribution >= 0.6 is 11.6 Å². The maximum absolute atomic E-state index is 12.2. The highest BCUT2D eigenvalue weighted by atomic mass is 35.5. The van der Waals surface area contributed by atoms with Crippen molar-refractivity contribution in [1.29, 1.82) is 0 Å². The van der Waals surface area contributed by atoms with Crippen LogP contribution in [0.3, 0.4) is 0 Å². The van der Waals surface area contributed by atoms with Crippen molar-refractivity contribution in [2.24, 2.45) is 0 Å². The predicted octanol–water partition coefficient (Wildman–Crippen LogP) is 3.88. The Kier molecular flexibility index (Phi) is 8.29. The molecule has 8 heteroatoms. The van der Waals surface area contributed by atoms with Crippen molar-refractivity contribution >= 4 is 27.6 Å². The number of sulfonamides is 1. The summed E-state index contributed by atoms with van der Waals surface area (Å²) >= 11 is 5.78. The van der Waals surface area contributed by atoms with Gasteiger partial charge in [-0.15, -0.1) is 0 Å². The molecule has 152 valence electrons. The number of carboxylic acids is 1. The molecule has 28 heavy (non-hydrogen) atoms. The molecule has 0 saturated carbocycles. The first kappa shape index (κ1) is 22.2. The van der Waals surface area contributed by atoms with Gasteiger partial charge < -0.3 is 9.84 Å². The highest BCUT2D eigenvalue weighted by Gasteiger charge is 2.15. The lowest BCUT2D eigenvalue weighted by Crippen LogP contribution is -2.26. The third-order valence-corrected chi connectivity index (χ3v) is 5.80. The van der Waals surface area contributed by atoms with E-state index in [1.54, 1.807) is 12.1 Å². The molecule has 0 spiro atoms. The second-order valence-corrected chi connectivity index (χ2v) is 8.58. The van der Waals surface area contributed by atoms with Crippen molar-refractivity contribution in [1.82, 2.24) is 4.72 Å². The van der Waals surface area contributed by atoms with Gasteiger partial charge in [0.15, 0.2) is 0 Å². The number of carbonyl (C=O) groups is 1. The second kappa shape index (κ2) is 10.5. The number of hydrogen-bond donors (Lipinski definition) is 2. The third kappa shape index (κ3) is 7.14. The summed E-state index contributed by atoms with van der Waals surface area (Å²) in [5.74, 6) is -0.284. The van der Waals surface area contributed by atoms with Gasteiger partial charge in [0.1, 0.15) is 11.9 Å². The minimum Gasteiger partial charge on any atom is -0.490 e. The Labute approximate surface area is 170 Å². The molecule has 6 nitrogen and oxygen atoms in total. The van der Waals surface area contributed by atoms with Crippen LogP contribution in [-0.2, 0) is 21.2 Å². The molecule has 1 unspecified atom stereocenters. The summed E-state index contributed by atoms with van der Waals surface area (Å²) in [6, 6.07) is 13.2. The molecule has 0 aliphatic heterocycles. The number of ether oxygens (including phenoxy) is 1. The van der Waals surface area contributed by atoms with Crippen LogP contribution in [0.4, 0.5) is 0 Å². The molecule has 2 aromatic rings. The number of halogens is 1. The van der Waals surface area contributed by atoms with Gasteiger partial charge in [-0.3, -0.25) is 4.79 Å². The molecule has 2 N–H and O–H groups in total. The standard InChI is InChI=1S/C20H24ClNO5S/c1-2-3-18(14-20(23)24)27-17-8-4-15(5-9-17)12-13-22-28(25,26)19-10-6-16(21)7-11-19/h4-11,18,22H,2-3,12-14H2,1H3,(H,23,24). The molecule has 0 bridgehead atoms. The van der Waals surface area contributed by atoms with Gasteiger partial charge in [-0.05, 0) is 54.8 Å². The van der Waals surface area contributed by atoms with Gasteiger partial charge in [-0.2, -0.15) is 0 Å². The SMILES string of the molecule is CCCC(CC(=O)O)Oc1ccc(CCNS(=O)(=O)c2ccc(Cl)cc2)cc1. The summed E-state index contributed by atoms with van der Waals surface area (Å²) in [4.78, 5) is 11.1. The van der Waals surface area contributed by atoms with Gasteiger partial charge in [0, 0.05) is 11.6 Å². The highest BCUT2D eigenvalue weighted by Crippen LogP contribution is 2.18. The second-order valence-electron chi connectivity index (χ2n) is 6.37. The third-order valence-electron chi connectivity index (χ3n) is 4.07. The maximum Gasteiger partial charge on any atom is 0.307 e. The number of nitrogens with one attached hydrogen (secondary N) is 1. The van der Waals surface area contributed by atoms with E-state index < -0.39 is 16.0 Å². The average molecular weight is 426 g/mol. The quantitative estimate of drug-likeness (QED) is 0.569. The number of benzene rings is 2. The molecule has 0 aliphatic carbocycles. The van der Waals surface area contributed by atoms with E-state index in [0.29, 0.717) is 23.6 Å². The fraction of sp³-hybridized carbons (Fsp3) is 0.350. The van der Waals surface area contributed by atoms with E-state index in [0.717, 1.165) is 12.0 Å². The van der Waals surface area contributed by atoms with Crippen LogP contribution < -0.4 is 9.46 Å². The Morgan fingerprint density at radius 2 is 1.79 bits per heavy atom. The molecule has 0 heterocycles. The first-order valence-corrected chi connectivity index (χ1v) is 10.9. The summed E-state index contributed by atoms with van der Waals surface area (Å²) < 4.78 is 32.8. The molecule has 0 aromatic heterocycles. The lowest BCUT2D eigenvalue weighted by atomic mass is 10.1. The van der Waals surface area contributed by atoms with Crippen molar-refractivity contribution in [3.63, 3.8) is 0 Å². The van der Waals surface area contributed by atoms with Gasteiger partial charge in [0.25, 0.3) is 0 Å². The lowest BCUT2D eigenvalue weighted by Gasteiger charge is -2.17. The summed E-state index contributed by atoms with van der Waals surface area (Å²) in [6.45, 7) is 2.23. The summed E-state index contributed by atoms with van der Waals surface area (Å²) in [5.41, 5.74) is 0.941. The molecule has 1 atom stereocenters. The average Bonchev–Trinajstić information content (AvgIpc) is 2.63. The topological polar surface area (TPSA) is 92.7 Å². The molecule has 0 fully saturated rings. The normalized spacial score (nSPS) is 12.5. The van der Waals surface area contributed by atoms with Crippen molar-refractivity contribution in [3.05, 3.63) is 59.1 Å². The van der Waals surface area contributed by atoms with Gasteiger partial charge in [-0.1, -0.05) is 37.1 Å². The van der Waals surface area contributed by atoms with Gasteiger partial charge in [0.2, 0.25) is 10.0 Å². The van der Waals surface area contributed by atoms with Crippen LogP contribution in [0, 0.1) is 0 Å². The largest absolute Gasteiger partial charge is 0.490 e. The maximum atomic E-state index is 12.2. The number of rotatable bonds is 11. The lowest BCUT2D eigenvalue weighted by molar-refractivity contribution is -0.138. The molecule has 0 aliphatic rings. The van der Waals surface area contributed by atoms with Crippen LogP contribution in [-0.4, -0.2) is 32.1 Å². The Hall–Kier alpha value is -2.09. The minimum atomic E-state index is -3.58. The van der Waals surface area contributed by atoms with Crippen LogP contribution in [0.2, 0.25) is 5.02 Å². The van der Waals surface area contributed by atoms with E-state index in [2.05, 4.69) is 4.72 Å². The predicted molar refractivity (Wildman–Crippen MR) is 108 cm³/mol. The minimum absolute atomic E-state index is 0.0396. The molecule has 2 rings (SSSR count). The summed E-state index contributed by atoms with van der Waals surface area (Å²) in [5, 5.41) is 9.43. The van der Waals surface area contributed by atoms with Crippen LogP contribution in [0.1, 0.15) is 31.7 Å². The van der Waals surface area contributed by atoms with E-state index in [1.165, 1.54) is 24.3 Å². The number of carboxylic acid groups (broad SMARTS) is 1. The Morgan fingerprint density at radius 1 is 1.14 bits per heavy atom. The van der Waals surface area contributed by atoms with Gasteiger partial charge in [0.05, 0.1) is 11.3 Å². The number of hydrogen-bond acceptors (Lipinski definition) is 4. The fourth-order valence-electron chi connectivity index (χ4n) is 2.67. The zero-order valence-corrected chi connectivity index (χ0v) is 17.2. The zero-order chi connectivity index (χ0) is 20.6. The van der Waals surface area contributed by atoms with Crippen molar-refractivity contribution in [2.75, 3.05) is 6.54 Å². The molecular formula is C20H24ClNO5S. The highest BCUT2D eigenvalue weighted by molar-refractivity contribution is 7.89. The zero-order valence-electron chi connectivity index (χ0n) is 15.6. The molecular weight excluding hydrogens is 402 g/mol. The van der Waals surface area contributed by atoms with Crippen molar-refractivity contribution < 1.29 is 23.1 Å². The summed E-state index contributed by atoms with van der Waals surface area (Å²) in [6.07, 6.45) is 1.62. The smallest absolute Gasteiger partial charge is 0.307 e. The van der Waals surface area contributed by atoms with Crippen LogP contribution in [0.5, 0.6) is 5.75 Å². The van der Waals surface area contributed by atoms with Crippen LogP contribution in [0.15, 0.2) is 53.4 Å². The molecule has 0 radical (unpaired) electrons. The van der Waals surface area contributed by atoms with E-state index in [9.17, 15) is 13.2 Å². The van der Waals surface area contributed by atoms with Crippen molar-refractivity contribution in [3.8, 4) is 5.75 Å². The Balaban J connectivity index is 1.88. The fourth-order valence-corrected chi connectivity index (χ4v) is 3.83. The van der Waals surface area contributed by atoms with E-state index in [4.69, 9.17) is 21.4 Å². The van der Waals surface area contributed by atoms with Crippen molar-refractivity contribution in [2.45, 2.75) is 43.6 Å². The molecule has 0 amide bonds. The van der Waals surface area contributed by atoms with E-state index >= 15 is 0 Å².